The van der Waals surface area contributed by atoms with Crippen LogP contribution in [0.25, 0.3) is 0 Å². The number of carbonyl (C=O) groups is 2. The Balaban J connectivity index is 0.00000102. The molecule has 0 amide bonds. The molecule has 2 saturated heterocycles. The van der Waals surface area contributed by atoms with E-state index in [4.69, 9.17) is 34.6 Å². The molecule has 4 aromatic rings. The number of aromatic amines is 1. The number of ether oxygens (including phenoxy) is 4. The van der Waals surface area contributed by atoms with Crippen LogP contribution in [0.15, 0.2) is 82.6 Å². The van der Waals surface area contributed by atoms with Crippen molar-refractivity contribution in [1.82, 2.24) is 24.5 Å². The van der Waals surface area contributed by atoms with Gasteiger partial charge in [-0.15, -0.1) is 5.10 Å². The van der Waals surface area contributed by atoms with Gasteiger partial charge in [0.1, 0.15) is 48.5 Å². The Kier molecular flexibility index (Phi) is 18.3. The lowest BCUT2D eigenvalue weighted by atomic mass is 10.0. The number of benzene rings is 2. The molecule has 2 aromatic carbocycles. The van der Waals surface area contributed by atoms with E-state index >= 15 is 0 Å². The second kappa shape index (κ2) is 23.6. The lowest BCUT2D eigenvalue weighted by Crippen LogP contribution is -2.46. The third-order valence-electron chi connectivity index (χ3n) is 10.6. The molecule has 0 saturated carbocycles. The zero-order chi connectivity index (χ0) is 46.4. The Morgan fingerprint density at radius 2 is 1.45 bits per heavy atom. The average Bonchev–Trinajstić information content (AvgIpc) is 3.93. The second-order valence-corrected chi connectivity index (χ2v) is 15.3. The first kappa shape index (κ1) is 49.7. The van der Waals surface area contributed by atoms with E-state index in [1.165, 1.54) is 4.68 Å². The molecule has 8 N–H and O–H groups in total. The number of H-pyrrole nitrogens is 1. The van der Waals surface area contributed by atoms with Gasteiger partial charge in [0.25, 0.3) is 5.56 Å². The zero-order valence-electron chi connectivity index (χ0n) is 34.6. The third kappa shape index (κ3) is 13.8. The molecule has 0 radical (unpaired) electrons. The number of carbonyl (C=O) groups excluding carboxylic acids is 1. The summed E-state index contributed by atoms with van der Waals surface area (Å²) >= 11 is 0. The molecule has 2 aliphatic rings. The molecule has 0 bridgehead atoms. The molecular weight excluding hydrogens is 853 g/mol. The van der Waals surface area contributed by atoms with Crippen molar-refractivity contribution in [1.29, 1.82) is 0 Å². The first-order valence-corrected chi connectivity index (χ1v) is 20.8. The first-order chi connectivity index (χ1) is 30.6. The number of nitrogens with two attached hydrogens (primary N) is 1. The van der Waals surface area contributed by atoms with Gasteiger partial charge in [0.05, 0.1) is 18.8 Å². The van der Waals surface area contributed by atoms with Crippen LogP contribution in [0.2, 0.25) is 0 Å². The van der Waals surface area contributed by atoms with Crippen LogP contribution in [0, 0.1) is 0 Å². The molecule has 0 aliphatic carbocycles. The highest BCUT2D eigenvalue weighted by molar-refractivity contribution is 6.08. The zero-order valence-corrected chi connectivity index (χ0v) is 34.6. The van der Waals surface area contributed by atoms with Crippen molar-refractivity contribution in [3.8, 4) is 5.75 Å². The van der Waals surface area contributed by atoms with Crippen molar-refractivity contribution in [3.05, 3.63) is 111 Å². The summed E-state index contributed by atoms with van der Waals surface area (Å²) in [6.45, 7) is 0.488. The number of aryl methyl sites for hydroxylation is 1. The summed E-state index contributed by atoms with van der Waals surface area (Å²) in [5.41, 5.74) is 6.22. The van der Waals surface area contributed by atoms with Crippen molar-refractivity contribution in [3.63, 3.8) is 0 Å². The third-order valence-corrected chi connectivity index (χ3v) is 10.6. The molecule has 19 nitrogen and oxygen atoms in total. The molecule has 0 spiro atoms. The van der Waals surface area contributed by atoms with E-state index in [-0.39, 0.29) is 18.9 Å². The molecule has 0 unspecified atom stereocenters. The van der Waals surface area contributed by atoms with Crippen LogP contribution in [0.5, 0.6) is 5.75 Å². The predicted octanol–water partition coefficient (Wildman–Crippen LogP) is 1.84. The van der Waals surface area contributed by atoms with Gasteiger partial charge < -0.3 is 50.2 Å². The van der Waals surface area contributed by atoms with E-state index in [0.29, 0.717) is 24.2 Å². The van der Waals surface area contributed by atoms with E-state index < -0.39 is 78.6 Å². The van der Waals surface area contributed by atoms with Crippen LogP contribution in [0.1, 0.15) is 79.2 Å². The minimum atomic E-state index is -5.08. The van der Waals surface area contributed by atoms with Crippen molar-refractivity contribution in [2.45, 2.75) is 126 Å². The van der Waals surface area contributed by atoms with Crippen molar-refractivity contribution >= 4 is 11.8 Å². The van der Waals surface area contributed by atoms with Crippen molar-refractivity contribution < 1.29 is 67.2 Å². The van der Waals surface area contributed by atoms with Gasteiger partial charge in [0.2, 0.25) is 0 Å². The number of aromatic nitrogens is 5. The van der Waals surface area contributed by atoms with Crippen molar-refractivity contribution in [2.75, 3.05) is 13.2 Å². The number of hydrogen-bond donors (Lipinski definition) is 7. The fraction of sp³-hybridized carbons (Fsp3) is 0.524. The molecular formula is C42H53F3N6O13. The minimum Gasteiger partial charge on any atom is -0.494 e. The lowest BCUT2D eigenvalue weighted by Gasteiger charge is -2.29. The van der Waals surface area contributed by atoms with Crippen LogP contribution >= 0.6 is 0 Å². The monoisotopic (exact) mass is 906 g/mol. The Bertz CT molecular complexity index is 2190. The van der Waals surface area contributed by atoms with Crippen LogP contribution in [-0.4, -0.2) is 130 Å². The topological polar surface area (TPSA) is 284 Å². The summed E-state index contributed by atoms with van der Waals surface area (Å²) in [4.78, 5) is 47.6. The highest BCUT2D eigenvalue weighted by atomic mass is 19.4. The molecule has 9 atom stereocenters. The molecule has 22 heteroatoms. The van der Waals surface area contributed by atoms with E-state index in [0.717, 1.165) is 79.6 Å². The number of carboxylic acid groups (broad SMARTS) is 1. The van der Waals surface area contributed by atoms with E-state index in [1.807, 2.05) is 42.5 Å². The second-order valence-electron chi connectivity index (χ2n) is 15.3. The maximum atomic E-state index is 12.6. The van der Waals surface area contributed by atoms with Crippen LogP contribution < -0.4 is 21.7 Å². The van der Waals surface area contributed by atoms with E-state index in [9.17, 15) is 48.0 Å². The highest BCUT2D eigenvalue weighted by Gasteiger charge is 2.51. The van der Waals surface area contributed by atoms with Crippen molar-refractivity contribution in [2.24, 2.45) is 5.73 Å². The molecule has 64 heavy (non-hydrogen) atoms. The number of halogens is 3. The van der Waals surface area contributed by atoms with Gasteiger partial charge in [-0.25, -0.2) is 14.3 Å². The molecule has 350 valence electrons. The fourth-order valence-corrected chi connectivity index (χ4v) is 7.11. The number of rotatable bonds is 21. The maximum Gasteiger partial charge on any atom is 0.490 e. The maximum absolute atomic E-state index is 12.6. The number of aliphatic hydroxyl groups excluding tert-OH is 4. The Morgan fingerprint density at radius 3 is 2.06 bits per heavy atom. The number of unbranched alkanes of at least 4 members (excludes halogenated alkanes) is 7. The number of aliphatic hydroxyl groups is 4. The number of carboxylic acids is 1. The van der Waals surface area contributed by atoms with Gasteiger partial charge in [-0.1, -0.05) is 74.1 Å². The summed E-state index contributed by atoms with van der Waals surface area (Å²) in [5.74, 6) is -2.01. The standard InChI is InChI=1S/C40H52N6O11.C2HF3O2/c41-22-29-33(49)36(52)39(55-29)56-30(37-34(50)35(51)38(57-37)46-20-19-31(47)42-40(46)53)24-45-23-27(43-44-45)14-10-5-3-1-2-4-6-11-21-54-28-17-15-26(16-18-28)32(48)25-12-8-7-9-13-25;3-2(4,5)1(6)7/h7-9,12-13,15-20,23,29-30,33-39,49-52H,1-6,10-11,14,21-22,24,41H2,(H,42,47,53);(H,6,7)/t29-,30+,33-,34+,35-,36-,37-,38-,39+;/m1./s1. The van der Waals surface area contributed by atoms with Gasteiger partial charge in [0, 0.05) is 36.1 Å². The Labute approximate surface area is 364 Å². The smallest absolute Gasteiger partial charge is 0.490 e. The minimum absolute atomic E-state index is 0.00823. The van der Waals surface area contributed by atoms with Gasteiger partial charge in [-0.3, -0.25) is 19.1 Å². The summed E-state index contributed by atoms with van der Waals surface area (Å²) < 4.78 is 57.7. The quantitative estimate of drug-likeness (QED) is 0.0464. The Morgan fingerprint density at radius 1 is 0.828 bits per heavy atom. The summed E-state index contributed by atoms with van der Waals surface area (Å²) in [5, 5.41) is 58.5. The molecule has 2 fully saturated rings. The molecule has 2 aromatic heterocycles. The summed E-state index contributed by atoms with van der Waals surface area (Å²) in [6.07, 6.45) is -4.98. The van der Waals surface area contributed by atoms with Gasteiger partial charge in [-0.05, 0) is 43.5 Å². The summed E-state index contributed by atoms with van der Waals surface area (Å²) in [7, 11) is 0. The highest BCUT2D eigenvalue weighted by Crippen LogP contribution is 2.34. The van der Waals surface area contributed by atoms with Crippen LogP contribution in [0.3, 0.4) is 0 Å². The normalized spacial score (nSPS) is 23.6. The van der Waals surface area contributed by atoms with Crippen LogP contribution in [0.4, 0.5) is 13.2 Å². The van der Waals surface area contributed by atoms with E-state index in [1.54, 1.807) is 18.3 Å². The SMILES string of the molecule is NC[C@H]1O[C@@H](O[C@@H](Cn2cc(CCCCCCCCCCOc3ccc(C(=O)c4ccccc4)cc3)nn2)[C@H]2O[C@@H](n3ccc(=O)[nH]c3=O)[C@H](O)[C@@H]2O)[C@H](O)[C@@H]1O.O=C(O)C(F)(F)F. The van der Waals surface area contributed by atoms with Gasteiger partial charge in [-0.2, -0.15) is 13.2 Å². The average molecular weight is 907 g/mol. The largest absolute Gasteiger partial charge is 0.494 e. The van der Waals surface area contributed by atoms with Crippen LogP contribution in [-0.2, 0) is 32.0 Å². The molecule has 6 rings (SSSR count). The predicted molar refractivity (Wildman–Crippen MR) is 218 cm³/mol. The molecule has 2 aliphatic heterocycles. The number of nitrogens with one attached hydrogen (secondary N) is 1. The Hall–Kier alpha value is -5.33. The number of ketones is 1. The van der Waals surface area contributed by atoms with E-state index in [2.05, 4.69) is 15.3 Å². The van der Waals surface area contributed by atoms with Gasteiger partial charge >= 0.3 is 17.8 Å². The number of aliphatic carboxylic acids is 1. The number of nitrogens with zero attached hydrogens (tertiary/aromatic N) is 4. The van der Waals surface area contributed by atoms with Gasteiger partial charge in [0.15, 0.2) is 18.3 Å². The fourth-order valence-electron chi connectivity index (χ4n) is 7.11. The number of hydrogen-bond acceptors (Lipinski definition) is 15. The molecule has 4 heterocycles. The number of alkyl halides is 3. The lowest BCUT2D eigenvalue weighted by molar-refractivity contribution is -0.223. The summed E-state index contributed by atoms with van der Waals surface area (Å²) in [6, 6.07) is 17.6. The first-order valence-electron chi connectivity index (χ1n) is 20.8.